The van der Waals surface area contributed by atoms with Gasteiger partial charge in [0.05, 0.1) is 11.4 Å². The van der Waals surface area contributed by atoms with Crippen LogP contribution < -0.4 is 10.6 Å². The number of para-hydroxylation sites is 1. The van der Waals surface area contributed by atoms with E-state index >= 15 is 0 Å². The van der Waals surface area contributed by atoms with Crippen LogP contribution in [0.1, 0.15) is 69.7 Å². The SMILES string of the molecule is Cc1ccccc1-n1nc(C(C)(C)C)cc1NC(=O)C(Cc1ccccc1)NC(=O)C1CCCCC1. The summed E-state index contributed by atoms with van der Waals surface area (Å²) in [7, 11) is 0. The lowest BCUT2D eigenvalue weighted by Gasteiger charge is -2.25. The second-order valence-electron chi connectivity index (χ2n) is 10.9. The molecule has 0 spiro atoms. The number of nitrogens with zero attached hydrogens (tertiary/aromatic N) is 2. The summed E-state index contributed by atoms with van der Waals surface area (Å²) < 4.78 is 1.80. The van der Waals surface area contributed by atoms with Crippen LogP contribution in [-0.2, 0) is 21.4 Å². The molecule has 0 saturated heterocycles. The molecular formula is C30H38N4O2. The Hall–Kier alpha value is -3.41. The quantitative estimate of drug-likeness (QED) is 0.448. The van der Waals surface area contributed by atoms with Crippen molar-refractivity contribution >= 4 is 17.6 Å². The zero-order valence-corrected chi connectivity index (χ0v) is 21.9. The van der Waals surface area contributed by atoms with Crippen LogP contribution in [0, 0.1) is 12.8 Å². The number of nitrogens with one attached hydrogen (secondary N) is 2. The molecule has 2 N–H and O–H groups in total. The van der Waals surface area contributed by atoms with Crippen LogP contribution >= 0.6 is 0 Å². The predicted octanol–water partition coefficient (Wildman–Crippen LogP) is 5.72. The van der Waals surface area contributed by atoms with E-state index in [0.29, 0.717) is 12.2 Å². The van der Waals surface area contributed by atoms with E-state index in [9.17, 15) is 9.59 Å². The Balaban J connectivity index is 1.63. The summed E-state index contributed by atoms with van der Waals surface area (Å²) in [5.41, 5.74) is 3.67. The first kappa shape index (κ1) is 25.7. The Morgan fingerprint density at radius 3 is 2.33 bits per heavy atom. The molecule has 6 heteroatoms. The van der Waals surface area contributed by atoms with Gasteiger partial charge in [-0.05, 0) is 37.0 Å². The number of anilines is 1. The summed E-state index contributed by atoms with van der Waals surface area (Å²) in [4.78, 5) is 26.8. The molecule has 1 aliphatic carbocycles. The first-order valence-electron chi connectivity index (χ1n) is 13.0. The van der Waals surface area contributed by atoms with E-state index in [4.69, 9.17) is 5.10 Å². The van der Waals surface area contributed by atoms with Crippen LogP contribution in [0.4, 0.5) is 5.82 Å². The normalized spacial score (nSPS) is 15.3. The van der Waals surface area contributed by atoms with Gasteiger partial charge in [-0.15, -0.1) is 0 Å². The van der Waals surface area contributed by atoms with Gasteiger partial charge in [-0.25, -0.2) is 4.68 Å². The van der Waals surface area contributed by atoms with Crippen LogP contribution in [0.3, 0.4) is 0 Å². The fraction of sp³-hybridized carbons (Fsp3) is 0.433. The molecule has 0 bridgehead atoms. The molecule has 1 atom stereocenters. The van der Waals surface area contributed by atoms with Crippen LogP contribution in [0.25, 0.3) is 5.69 Å². The molecular weight excluding hydrogens is 448 g/mol. The van der Waals surface area contributed by atoms with Gasteiger partial charge in [0.2, 0.25) is 11.8 Å². The first-order chi connectivity index (χ1) is 17.2. The molecule has 190 valence electrons. The molecule has 1 heterocycles. The molecule has 4 rings (SSSR count). The van der Waals surface area contributed by atoms with Crippen LogP contribution in [0.2, 0.25) is 0 Å². The van der Waals surface area contributed by atoms with Crippen LogP contribution in [-0.4, -0.2) is 27.6 Å². The van der Waals surface area contributed by atoms with Gasteiger partial charge in [-0.1, -0.05) is 88.6 Å². The molecule has 1 aromatic heterocycles. The average molecular weight is 487 g/mol. The van der Waals surface area contributed by atoms with Gasteiger partial charge in [0, 0.05) is 23.8 Å². The van der Waals surface area contributed by atoms with Gasteiger partial charge < -0.3 is 10.6 Å². The molecule has 1 unspecified atom stereocenters. The maximum absolute atomic E-state index is 13.7. The lowest BCUT2D eigenvalue weighted by atomic mass is 9.88. The number of carbonyl (C=O) groups excluding carboxylic acids is 2. The number of aryl methyl sites for hydroxylation is 1. The molecule has 0 radical (unpaired) electrons. The van der Waals surface area contributed by atoms with Crippen molar-refractivity contribution in [1.29, 1.82) is 0 Å². The minimum atomic E-state index is -0.680. The number of aromatic nitrogens is 2. The Morgan fingerprint density at radius 1 is 1.00 bits per heavy atom. The monoisotopic (exact) mass is 486 g/mol. The summed E-state index contributed by atoms with van der Waals surface area (Å²) in [6.07, 6.45) is 5.52. The second-order valence-corrected chi connectivity index (χ2v) is 10.9. The minimum Gasteiger partial charge on any atom is -0.344 e. The topological polar surface area (TPSA) is 76.0 Å². The van der Waals surface area contributed by atoms with E-state index in [2.05, 4.69) is 31.4 Å². The van der Waals surface area contributed by atoms with Crippen molar-refractivity contribution < 1.29 is 9.59 Å². The standard InChI is InChI=1S/C30H38N4O2/c1-21-13-11-12-18-25(21)34-27(20-26(33-34)30(2,3)4)32-29(36)24(19-22-14-7-5-8-15-22)31-28(35)23-16-9-6-10-17-23/h5,7-8,11-15,18,20,23-24H,6,9-10,16-17,19H2,1-4H3,(H,31,35)(H,32,36). The lowest BCUT2D eigenvalue weighted by Crippen LogP contribution is -2.47. The zero-order valence-electron chi connectivity index (χ0n) is 21.9. The van der Waals surface area contributed by atoms with Crippen molar-refractivity contribution in [2.45, 2.75) is 77.7 Å². The van der Waals surface area contributed by atoms with E-state index < -0.39 is 6.04 Å². The Bertz CT molecular complexity index is 1190. The molecule has 1 fully saturated rings. The lowest BCUT2D eigenvalue weighted by molar-refractivity contribution is -0.130. The Labute approximate surface area is 214 Å². The minimum absolute atomic E-state index is 0.0187. The molecule has 1 aliphatic rings. The number of hydrogen-bond acceptors (Lipinski definition) is 3. The second kappa shape index (κ2) is 11.1. The fourth-order valence-electron chi connectivity index (χ4n) is 4.75. The van der Waals surface area contributed by atoms with Crippen molar-refractivity contribution in [2.75, 3.05) is 5.32 Å². The van der Waals surface area contributed by atoms with E-state index in [1.54, 1.807) is 4.68 Å². The molecule has 1 saturated carbocycles. The van der Waals surface area contributed by atoms with Crippen LogP contribution in [0.5, 0.6) is 0 Å². The number of amides is 2. The summed E-state index contributed by atoms with van der Waals surface area (Å²) in [6.45, 7) is 8.34. The maximum atomic E-state index is 13.7. The van der Waals surface area contributed by atoms with Crippen molar-refractivity contribution in [2.24, 2.45) is 5.92 Å². The predicted molar refractivity (Wildman–Crippen MR) is 144 cm³/mol. The Morgan fingerprint density at radius 2 is 1.67 bits per heavy atom. The van der Waals surface area contributed by atoms with Gasteiger partial charge in [0.25, 0.3) is 0 Å². The van der Waals surface area contributed by atoms with Gasteiger partial charge in [0.15, 0.2) is 0 Å². The summed E-state index contributed by atoms with van der Waals surface area (Å²) in [5, 5.41) is 11.0. The van der Waals surface area contributed by atoms with Crippen molar-refractivity contribution in [3.63, 3.8) is 0 Å². The average Bonchev–Trinajstić information content (AvgIpc) is 3.29. The zero-order chi connectivity index (χ0) is 25.7. The highest BCUT2D eigenvalue weighted by atomic mass is 16.2. The van der Waals surface area contributed by atoms with Crippen molar-refractivity contribution in [3.8, 4) is 5.69 Å². The highest BCUT2D eigenvalue weighted by Gasteiger charge is 2.29. The third-order valence-corrected chi connectivity index (χ3v) is 6.96. The van der Waals surface area contributed by atoms with Crippen LogP contribution in [0.15, 0.2) is 60.7 Å². The van der Waals surface area contributed by atoms with Gasteiger partial charge >= 0.3 is 0 Å². The molecule has 6 nitrogen and oxygen atoms in total. The highest BCUT2D eigenvalue weighted by molar-refractivity contribution is 5.97. The van der Waals surface area contributed by atoms with E-state index in [-0.39, 0.29) is 23.1 Å². The van der Waals surface area contributed by atoms with Gasteiger partial charge in [-0.2, -0.15) is 5.10 Å². The van der Waals surface area contributed by atoms with Crippen molar-refractivity contribution in [1.82, 2.24) is 15.1 Å². The number of benzene rings is 2. The fourth-order valence-corrected chi connectivity index (χ4v) is 4.75. The highest BCUT2D eigenvalue weighted by Crippen LogP contribution is 2.28. The maximum Gasteiger partial charge on any atom is 0.248 e. The molecule has 36 heavy (non-hydrogen) atoms. The van der Waals surface area contributed by atoms with E-state index in [0.717, 1.165) is 48.2 Å². The molecule has 3 aromatic rings. The molecule has 0 aliphatic heterocycles. The van der Waals surface area contributed by atoms with E-state index in [1.807, 2.05) is 67.6 Å². The third kappa shape index (κ3) is 6.23. The largest absolute Gasteiger partial charge is 0.344 e. The van der Waals surface area contributed by atoms with Gasteiger partial charge in [0.1, 0.15) is 11.9 Å². The number of hydrogen-bond donors (Lipinski definition) is 2. The summed E-state index contributed by atoms with van der Waals surface area (Å²) in [5.74, 6) is 0.325. The van der Waals surface area contributed by atoms with Gasteiger partial charge in [-0.3, -0.25) is 9.59 Å². The van der Waals surface area contributed by atoms with Crippen molar-refractivity contribution in [3.05, 3.63) is 77.5 Å². The summed E-state index contributed by atoms with van der Waals surface area (Å²) in [6, 6.07) is 19.1. The Kier molecular flexibility index (Phi) is 7.92. The molecule has 2 aromatic carbocycles. The molecule has 2 amide bonds. The first-order valence-corrected chi connectivity index (χ1v) is 13.0. The smallest absolute Gasteiger partial charge is 0.248 e. The third-order valence-electron chi connectivity index (χ3n) is 6.96. The number of carbonyl (C=O) groups is 2. The number of rotatable bonds is 7. The van der Waals surface area contributed by atoms with E-state index in [1.165, 1.54) is 6.42 Å². The summed E-state index contributed by atoms with van der Waals surface area (Å²) >= 11 is 0.